The normalized spacial score (nSPS) is 23.4. The second-order valence-electron chi connectivity index (χ2n) is 3.67. The van der Waals surface area contributed by atoms with Crippen molar-refractivity contribution >= 4 is 6.08 Å². The van der Waals surface area contributed by atoms with Crippen LogP contribution in [0, 0.1) is 0 Å². The summed E-state index contributed by atoms with van der Waals surface area (Å²) in [5.41, 5.74) is 3.35. The second-order valence-corrected chi connectivity index (χ2v) is 3.67. The lowest BCUT2D eigenvalue weighted by Crippen LogP contribution is -2.29. The Morgan fingerprint density at radius 1 is 1.36 bits per heavy atom. The standard InChI is InChI=1S/C10H11N3O/c14-10-2-1-6-3-8-9(12-5-11-8)4-7(6)13-10/h1-3,9,11-12H,4-5H2,(H,13,14). The summed E-state index contributed by atoms with van der Waals surface area (Å²) in [5.74, 6) is 0. The highest BCUT2D eigenvalue weighted by molar-refractivity contribution is 5.59. The molecule has 4 nitrogen and oxygen atoms in total. The molecule has 1 atom stereocenters. The molecule has 3 N–H and O–H groups in total. The SMILES string of the molecule is O=c1ccc2c([nH]1)CC1NCNC1=C2. The minimum absolute atomic E-state index is 0.0217. The molecule has 1 aliphatic heterocycles. The van der Waals surface area contributed by atoms with Gasteiger partial charge in [0.25, 0.3) is 0 Å². The predicted molar refractivity (Wildman–Crippen MR) is 53.7 cm³/mol. The summed E-state index contributed by atoms with van der Waals surface area (Å²) in [4.78, 5) is 14.0. The zero-order valence-corrected chi connectivity index (χ0v) is 7.63. The van der Waals surface area contributed by atoms with Crippen molar-refractivity contribution in [1.29, 1.82) is 0 Å². The van der Waals surface area contributed by atoms with Crippen LogP contribution in [0.5, 0.6) is 0 Å². The van der Waals surface area contributed by atoms with Crippen molar-refractivity contribution in [2.24, 2.45) is 0 Å². The Morgan fingerprint density at radius 2 is 2.29 bits per heavy atom. The van der Waals surface area contributed by atoms with E-state index in [1.165, 1.54) is 5.70 Å². The molecule has 2 aliphatic rings. The fourth-order valence-corrected chi connectivity index (χ4v) is 2.05. The van der Waals surface area contributed by atoms with E-state index in [1.807, 2.05) is 6.07 Å². The Morgan fingerprint density at radius 3 is 3.21 bits per heavy atom. The molecule has 72 valence electrons. The van der Waals surface area contributed by atoms with Crippen molar-refractivity contribution in [2.45, 2.75) is 12.5 Å². The lowest BCUT2D eigenvalue weighted by molar-refractivity contribution is 0.645. The number of nitrogens with one attached hydrogen (secondary N) is 3. The van der Waals surface area contributed by atoms with Gasteiger partial charge in [-0.1, -0.05) is 0 Å². The monoisotopic (exact) mass is 189 g/mol. The third-order valence-electron chi connectivity index (χ3n) is 2.77. The van der Waals surface area contributed by atoms with Crippen molar-refractivity contribution in [3.05, 3.63) is 39.4 Å². The van der Waals surface area contributed by atoms with Crippen molar-refractivity contribution < 1.29 is 0 Å². The second kappa shape index (κ2) is 2.72. The quantitative estimate of drug-likeness (QED) is 0.529. The van der Waals surface area contributed by atoms with Crippen molar-refractivity contribution in [3.8, 4) is 0 Å². The number of hydrogen-bond acceptors (Lipinski definition) is 3. The Balaban J connectivity index is 2.13. The average molecular weight is 189 g/mol. The molecule has 0 bridgehead atoms. The summed E-state index contributed by atoms with van der Waals surface area (Å²) in [6, 6.07) is 3.79. The molecule has 0 spiro atoms. The van der Waals surface area contributed by atoms with Gasteiger partial charge in [0.1, 0.15) is 0 Å². The number of pyridine rings is 1. The van der Waals surface area contributed by atoms with E-state index in [0.29, 0.717) is 6.04 Å². The highest BCUT2D eigenvalue weighted by atomic mass is 16.1. The van der Waals surface area contributed by atoms with E-state index < -0.39 is 0 Å². The Kier molecular flexibility index (Phi) is 1.52. The fraction of sp³-hybridized carbons (Fsp3) is 0.300. The van der Waals surface area contributed by atoms with Gasteiger partial charge in [0.2, 0.25) is 5.56 Å². The molecule has 0 aromatic carbocycles. The topological polar surface area (TPSA) is 56.9 Å². The summed E-state index contributed by atoms with van der Waals surface area (Å²) in [7, 11) is 0. The first-order valence-corrected chi connectivity index (χ1v) is 4.74. The van der Waals surface area contributed by atoms with Crippen LogP contribution in [0.3, 0.4) is 0 Å². The number of fused-ring (bicyclic) bond motifs is 2. The molecule has 1 fully saturated rings. The zero-order valence-electron chi connectivity index (χ0n) is 7.63. The van der Waals surface area contributed by atoms with Gasteiger partial charge >= 0.3 is 0 Å². The molecule has 1 saturated heterocycles. The average Bonchev–Trinajstić information content (AvgIpc) is 2.61. The molecule has 0 radical (unpaired) electrons. The summed E-state index contributed by atoms with van der Waals surface area (Å²) < 4.78 is 0. The zero-order chi connectivity index (χ0) is 9.54. The molecule has 14 heavy (non-hydrogen) atoms. The molecule has 0 amide bonds. The van der Waals surface area contributed by atoms with Gasteiger partial charge in [0.05, 0.1) is 12.7 Å². The van der Waals surface area contributed by atoms with Crippen LogP contribution in [0.15, 0.2) is 22.6 Å². The van der Waals surface area contributed by atoms with Crippen LogP contribution in [-0.4, -0.2) is 17.7 Å². The van der Waals surface area contributed by atoms with E-state index in [2.05, 4.69) is 21.7 Å². The van der Waals surface area contributed by atoms with Crippen LogP contribution in [0.25, 0.3) is 6.08 Å². The number of hydrogen-bond donors (Lipinski definition) is 3. The van der Waals surface area contributed by atoms with E-state index in [-0.39, 0.29) is 5.56 Å². The first kappa shape index (κ1) is 7.82. The highest BCUT2D eigenvalue weighted by Crippen LogP contribution is 2.21. The summed E-state index contributed by atoms with van der Waals surface area (Å²) in [5, 5.41) is 6.59. The third-order valence-corrected chi connectivity index (χ3v) is 2.77. The van der Waals surface area contributed by atoms with Crippen LogP contribution >= 0.6 is 0 Å². The number of aromatic amines is 1. The smallest absolute Gasteiger partial charge is 0.248 e. The van der Waals surface area contributed by atoms with Gasteiger partial charge in [0.15, 0.2) is 0 Å². The van der Waals surface area contributed by atoms with Gasteiger partial charge in [-0.05, 0) is 17.7 Å². The molecular formula is C10H11N3O. The van der Waals surface area contributed by atoms with Gasteiger partial charge in [-0.25, -0.2) is 0 Å². The highest BCUT2D eigenvalue weighted by Gasteiger charge is 2.25. The molecule has 2 heterocycles. The first-order chi connectivity index (χ1) is 6.83. The molecule has 3 rings (SSSR count). The van der Waals surface area contributed by atoms with E-state index in [0.717, 1.165) is 24.3 Å². The molecule has 1 aromatic heterocycles. The van der Waals surface area contributed by atoms with Crippen molar-refractivity contribution in [1.82, 2.24) is 15.6 Å². The van der Waals surface area contributed by atoms with Gasteiger partial charge in [-0.2, -0.15) is 0 Å². The number of aromatic nitrogens is 1. The van der Waals surface area contributed by atoms with E-state index in [9.17, 15) is 4.79 Å². The summed E-state index contributed by atoms with van der Waals surface area (Å²) >= 11 is 0. The lowest BCUT2D eigenvalue weighted by Gasteiger charge is -2.18. The molecule has 0 saturated carbocycles. The van der Waals surface area contributed by atoms with Gasteiger partial charge in [-0.3, -0.25) is 10.1 Å². The van der Waals surface area contributed by atoms with Crippen molar-refractivity contribution in [3.63, 3.8) is 0 Å². The lowest BCUT2D eigenvalue weighted by atomic mass is 9.97. The molecule has 1 unspecified atom stereocenters. The van der Waals surface area contributed by atoms with Crippen molar-refractivity contribution in [2.75, 3.05) is 6.67 Å². The van der Waals surface area contributed by atoms with Crippen LogP contribution in [-0.2, 0) is 6.42 Å². The maximum absolute atomic E-state index is 11.1. The van der Waals surface area contributed by atoms with Crippen LogP contribution in [0.4, 0.5) is 0 Å². The predicted octanol–water partition coefficient (Wildman–Crippen LogP) is -0.209. The molecule has 4 heteroatoms. The Bertz CT molecular complexity index is 461. The maximum atomic E-state index is 11.1. The van der Waals surface area contributed by atoms with Gasteiger partial charge in [-0.15, -0.1) is 0 Å². The summed E-state index contributed by atoms with van der Waals surface area (Å²) in [6.07, 6.45) is 2.96. The van der Waals surface area contributed by atoms with Crippen LogP contribution in [0.2, 0.25) is 0 Å². The number of rotatable bonds is 0. The van der Waals surface area contributed by atoms with E-state index in [4.69, 9.17) is 0 Å². The number of H-pyrrole nitrogens is 1. The molecule has 1 aliphatic carbocycles. The minimum Gasteiger partial charge on any atom is -0.374 e. The maximum Gasteiger partial charge on any atom is 0.248 e. The Hall–Kier alpha value is -1.55. The molecular weight excluding hydrogens is 178 g/mol. The summed E-state index contributed by atoms with van der Waals surface area (Å²) in [6.45, 7) is 0.814. The fourth-order valence-electron chi connectivity index (χ4n) is 2.05. The minimum atomic E-state index is -0.0217. The van der Waals surface area contributed by atoms with Gasteiger partial charge < -0.3 is 10.3 Å². The van der Waals surface area contributed by atoms with Gasteiger partial charge in [0, 0.05) is 23.9 Å². The largest absolute Gasteiger partial charge is 0.374 e. The van der Waals surface area contributed by atoms with E-state index >= 15 is 0 Å². The first-order valence-electron chi connectivity index (χ1n) is 4.74. The van der Waals surface area contributed by atoms with Crippen LogP contribution in [0.1, 0.15) is 11.3 Å². The Labute approximate surface area is 81.0 Å². The third kappa shape index (κ3) is 1.08. The van der Waals surface area contributed by atoms with Crippen LogP contribution < -0.4 is 16.2 Å². The van der Waals surface area contributed by atoms with E-state index in [1.54, 1.807) is 6.07 Å². The molecule has 1 aromatic rings.